The van der Waals surface area contributed by atoms with Crippen molar-refractivity contribution in [1.82, 2.24) is 9.55 Å². The van der Waals surface area contributed by atoms with Crippen LogP contribution in [0, 0.1) is 0 Å². The van der Waals surface area contributed by atoms with Crippen molar-refractivity contribution < 1.29 is 4.79 Å². The Morgan fingerprint density at radius 2 is 2.21 bits per heavy atom. The highest BCUT2D eigenvalue weighted by atomic mass is 16.2. The SMILES string of the molecule is CC(=O)Nc1ccn(C(C)C)c(=O)n1. The molecule has 1 aromatic heterocycles. The number of amides is 1. The number of nitrogens with zero attached hydrogens (tertiary/aromatic N) is 2. The molecular weight excluding hydrogens is 182 g/mol. The minimum atomic E-state index is -0.355. The first-order valence-corrected chi connectivity index (χ1v) is 4.37. The van der Waals surface area contributed by atoms with E-state index in [1.807, 2.05) is 13.8 Å². The lowest BCUT2D eigenvalue weighted by Crippen LogP contribution is -2.25. The van der Waals surface area contributed by atoms with E-state index in [9.17, 15) is 9.59 Å². The monoisotopic (exact) mass is 195 g/mol. The van der Waals surface area contributed by atoms with Gasteiger partial charge >= 0.3 is 5.69 Å². The van der Waals surface area contributed by atoms with Crippen LogP contribution in [0.15, 0.2) is 17.1 Å². The molecule has 0 aliphatic heterocycles. The van der Waals surface area contributed by atoms with Crippen molar-refractivity contribution in [2.24, 2.45) is 0 Å². The third kappa shape index (κ3) is 2.42. The maximum atomic E-state index is 11.4. The Hall–Kier alpha value is -1.65. The quantitative estimate of drug-likeness (QED) is 0.758. The smallest absolute Gasteiger partial charge is 0.311 e. The summed E-state index contributed by atoms with van der Waals surface area (Å²) in [6.07, 6.45) is 1.62. The highest BCUT2D eigenvalue weighted by molar-refractivity contribution is 5.87. The van der Waals surface area contributed by atoms with Crippen LogP contribution >= 0.6 is 0 Å². The van der Waals surface area contributed by atoms with Crippen LogP contribution in [-0.2, 0) is 4.79 Å². The number of aromatic nitrogens is 2. The minimum absolute atomic E-state index is 0.0707. The number of anilines is 1. The molecule has 5 nitrogen and oxygen atoms in total. The van der Waals surface area contributed by atoms with Crippen molar-refractivity contribution in [3.8, 4) is 0 Å². The molecule has 76 valence electrons. The Morgan fingerprint density at radius 1 is 1.57 bits per heavy atom. The largest absolute Gasteiger partial charge is 0.349 e. The molecule has 0 aliphatic rings. The number of carbonyl (C=O) groups excluding carboxylic acids is 1. The Balaban J connectivity index is 3.01. The molecule has 1 amide bonds. The molecule has 14 heavy (non-hydrogen) atoms. The van der Waals surface area contributed by atoms with Gasteiger partial charge in [-0.15, -0.1) is 0 Å². The van der Waals surface area contributed by atoms with Gasteiger partial charge in [0.05, 0.1) is 0 Å². The zero-order valence-corrected chi connectivity index (χ0v) is 8.44. The van der Waals surface area contributed by atoms with Crippen molar-refractivity contribution in [2.75, 3.05) is 5.32 Å². The van der Waals surface area contributed by atoms with E-state index in [4.69, 9.17) is 0 Å². The summed E-state index contributed by atoms with van der Waals surface area (Å²) in [4.78, 5) is 25.8. The summed E-state index contributed by atoms with van der Waals surface area (Å²) in [5.74, 6) is 0.0543. The molecule has 0 fully saturated rings. The van der Waals surface area contributed by atoms with E-state index >= 15 is 0 Å². The van der Waals surface area contributed by atoms with Gasteiger partial charge in [0, 0.05) is 19.2 Å². The maximum Gasteiger partial charge on any atom is 0.349 e. The molecule has 0 unspecified atom stereocenters. The lowest BCUT2D eigenvalue weighted by molar-refractivity contribution is -0.114. The van der Waals surface area contributed by atoms with Crippen LogP contribution in [0.3, 0.4) is 0 Å². The van der Waals surface area contributed by atoms with E-state index in [1.165, 1.54) is 11.5 Å². The average molecular weight is 195 g/mol. The van der Waals surface area contributed by atoms with Crippen molar-refractivity contribution in [3.63, 3.8) is 0 Å². The van der Waals surface area contributed by atoms with E-state index < -0.39 is 0 Å². The molecule has 0 saturated heterocycles. The predicted octanol–water partition coefficient (Wildman–Crippen LogP) is 0.783. The Labute approximate surface area is 81.8 Å². The topological polar surface area (TPSA) is 64.0 Å². The van der Waals surface area contributed by atoms with E-state index in [0.717, 1.165) is 0 Å². The molecule has 0 saturated carbocycles. The molecule has 0 radical (unpaired) electrons. The minimum Gasteiger partial charge on any atom is -0.311 e. The van der Waals surface area contributed by atoms with Gasteiger partial charge in [-0.25, -0.2) is 4.79 Å². The highest BCUT2D eigenvalue weighted by Gasteiger charge is 2.03. The molecule has 1 N–H and O–H groups in total. The molecule has 0 aromatic carbocycles. The van der Waals surface area contributed by atoms with Gasteiger partial charge in [-0.1, -0.05) is 0 Å². The lowest BCUT2D eigenvalue weighted by Gasteiger charge is -2.08. The molecular formula is C9H13N3O2. The highest BCUT2D eigenvalue weighted by Crippen LogP contribution is 2.02. The van der Waals surface area contributed by atoms with Crippen LogP contribution < -0.4 is 11.0 Å². The maximum absolute atomic E-state index is 11.4. The molecule has 1 rings (SSSR count). The summed E-state index contributed by atoms with van der Waals surface area (Å²) in [7, 11) is 0. The molecule has 0 atom stereocenters. The summed E-state index contributed by atoms with van der Waals surface area (Å²) >= 11 is 0. The van der Waals surface area contributed by atoms with Gasteiger partial charge < -0.3 is 5.32 Å². The second kappa shape index (κ2) is 4.04. The van der Waals surface area contributed by atoms with E-state index in [2.05, 4.69) is 10.3 Å². The third-order valence-electron chi connectivity index (χ3n) is 1.69. The molecule has 0 aliphatic carbocycles. The average Bonchev–Trinajstić information content (AvgIpc) is 2.01. The summed E-state index contributed by atoms with van der Waals surface area (Å²) in [6.45, 7) is 5.15. The van der Waals surface area contributed by atoms with E-state index in [0.29, 0.717) is 5.82 Å². The fourth-order valence-electron chi connectivity index (χ4n) is 1.06. The second-order valence-electron chi connectivity index (χ2n) is 3.28. The van der Waals surface area contributed by atoms with E-state index in [1.54, 1.807) is 12.3 Å². The molecule has 0 spiro atoms. The predicted molar refractivity (Wildman–Crippen MR) is 53.2 cm³/mol. The van der Waals surface area contributed by atoms with Gasteiger partial charge in [0.2, 0.25) is 5.91 Å². The molecule has 0 bridgehead atoms. The first kappa shape index (κ1) is 10.4. The fraction of sp³-hybridized carbons (Fsp3) is 0.444. The van der Waals surface area contributed by atoms with Crippen molar-refractivity contribution in [1.29, 1.82) is 0 Å². The zero-order valence-electron chi connectivity index (χ0n) is 8.44. The third-order valence-corrected chi connectivity index (χ3v) is 1.69. The second-order valence-corrected chi connectivity index (χ2v) is 3.28. The fourth-order valence-corrected chi connectivity index (χ4v) is 1.06. The summed E-state index contributed by atoms with van der Waals surface area (Å²) in [5, 5.41) is 2.45. The number of carbonyl (C=O) groups is 1. The first-order chi connectivity index (χ1) is 6.50. The summed E-state index contributed by atoms with van der Waals surface area (Å²) < 4.78 is 1.49. The van der Waals surface area contributed by atoms with Gasteiger partial charge in [-0.3, -0.25) is 9.36 Å². The summed E-state index contributed by atoms with van der Waals surface area (Å²) in [6, 6.07) is 1.67. The number of rotatable bonds is 2. The van der Waals surface area contributed by atoms with Crippen molar-refractivity contribution in [2.45, 2.75) is 26.8 Å². The van der Waals surface area contributed by atoms with E-state index in [-0.39, 0.29) is 17.6 Å². The molecule has 1 heterocycles. The van der Waals surface area contributed by atoms with Gasteiger partial charge in [0.15, 0.2) is 0 Å². The van der Waals surface area contributed by atoms with Crippen LogP contribution in [0.2, 0.25) is 0 Å². The molecule has 1 aromatic rings. The van der Waals surface area contributed by atoms with Crippen LogP contribution in [0.25, 0.3) is 0 Å². The van der Waals surface area contributed by atoms with Crippen LogP contribution in [0.5, 0.6) is 0 Å². The van der Waals surface area contributed by atoms with Gasteiger partial charge in [-0.05, 0) is 19.9 Å². The van der Waals surface area contributed by atoms with Crippen LogP contribution in [0.1, 0.15) is 26.8 Å². The van der Waals surface area contributed by atoms with Gasteiger partial charge in [0.1, 0.15) is 5.82 Å². The van der Waals surface area contributed by atoms with Crippen molar-refractivity contribution >= 4 is 11.7 Å². The first-order valence-electron chi connectivity index (χ1n) is 4.37. The molecule has 5 heteroatoms. The number of hydrogen-bond donors (Lipinski definition) is 1. The normalized spacial score (nSPS) is 10.3. The van der Waals surface area contributed by atoms with Gasteiger partial charge in [0.25, 0.3) is 0 Å². The number of hydrogen-bond acceptors (Lipinski definition) is 3. The zero-order chi connectivity index (χ0) is 10.7. The Morgan fingerprint density at radius 3 is 2.64 bits per heavy atom. The Kier molecular flexibility index (Phi) is 3.01. The number of nitrogens with one attached hydrogen (secondary N) is 1. The van der Waals surface area contributed by atoms with Gasteiger partial charge in [-0.2, -0.15) is 4.98 Å². The Bertz CT molecular complexity index is 395. The van der Waals surface area contributed by atoms with Crippen molar-refractivity contribution in [3.05, 3.63) is 22.7 Å². The standard InChI is InChI=1S/C9H13N3O2/c1-6(2)12-5-4-8(10-7(3)13)11-9(12)14/h4-6H,1-3H3,(H,10,11,13,14). The van der Waals surface area contributed by atoms with Crippen LogP contribution in [0.4, 0.5) is 5.82 Å². The summed E-state index contributed by atoms with van der Waals surface area (Å²) in [5.41, 5.74) is -0.355. The van der Waals surface area contributed by atoms with Crippen LogP contribution in [-0.4, -0.2) is 15.5 Å². The lowest BCUT2D eigenvalue weighted by atomic mass is 10.4.